The highest BCUT2D eigenvalue weighted by Crippen LogP contribution is 2.38. The molecule has 4 fully saturated rings. The molecular weight excluding hydrogens is 774 g/mol. The van der Waals surface area contributed by atoms with Crippen LogP contribution in [0.1, 0.15) is 39.0 Å². The number of rotatable bonds is 19. The van der Waals surface area contributed by atoms with Crippen LogP contribution in [0.25, 0.3) is 0 Å². The summed E-state index contributed by atoms with van der Waals surface area (Å²) in [6, 6.07) is -2.84. The fourth-order valence-corrected chi connectivity index (χ4v) is 7.18. The minimum absolute atomic E-state index is 0.146. The molecule has 0 amide bonds. The summed E-state index contributed by atoms with van der Waals surface area (Å²) in [5, 5.41) is 126. The summed E-state index contributed by atoms with van der Waals surface area (Å²) in [5.74, 6) is -4.93. The molecule has 334 valence electrons. The maximum atomic E-state index is 12.8. The number of carboxylic acids is 1. The van der Waals surface area contributed by atoms with Crippen LogP contribution in [-0.2, 0) is 42.7 Å². The molecular formula is C33H61N3O21. The Kier molecular flexibility index (Phi) is 18.1. The van der Waals surface area contributed by atoms with E-state index in [9.17, 15) is 66.1 Å². The smallest absolute Gasteiger partial charge is 0.364 e. The van der Waals surface area contributed by atoms with Crippen LogP contribution in [0.15, 0.2) is 0 Å². The molecule has 0 saturated carbocycles. The highest BCUT2D eigenvalue weighted by molar-refractivity contribution is 5.76. The van der Waals surface area contributed by atoms with E-state index >= 15 is 0 Å². The van der Waals surface area contributed by atoms with E-state index in [1.54, 1.807) is 0 Å². The first kappa shape index (κ1) is 48.3. The van der Waals surface area contributed by atoms with E-state index in [0.717, 1.165) is 19.3 Å². The average Bonchev–Trinajstić information content (AvgIpc) is 3.19. The molecule has 0 unspecified atom stereocenters. The van der Waals surface area contributed by atoms with Gasteiger partial charge in [0.05, 0.1) is 44.1 Å². The first-order valence-corrected chi connectivity index (χ1v) is 18.9. The van der Waals surface area contributed by atoms with Gasteiger partial charge < -0.3 is 116 Å². The zero-order chi connectivity index (χ0) is 42.4. The minimum atomic E-state index is -2.99. The Morgan fingerprint density at radius 3 is 1.98 bits per heavy atom. The van der Waals surface area contributed by atoms with Gasteiger partial charge in [0, 0.05) is 13.0 Å². The van der Waals surface area contributed by atoms with Crippen LogP contribution >= 0.6 is 0 Å². The standard InChI is InChI=1S/C33H61N3O21/c1-12-19(42)22(45)23(46)30(51-12)55-27-18(36)29(50-7-5-3-2-4-6-34)53-16(11-39)25(27)54-31-24(47)28(21(44)15(10-38)52-31)57-33(32(48)49)8-13(40)17(35)26(56-33)20(43)14(41)9-37/h12-31,37-47H,2-11,34-36H2,1H3,(H,48,49)/t12-,13-,14+,15+,16+,17-,18+,19+,20+,21-,22+,23-,24+,25+,26+,27+,28-,29+,30-,31-,33-/m0/s1. The number of hydrogen-bond acceptors (Lipinski definition) is 23. The molecule has 21 atom stereocenters. The molecule has 4 aliphatic rings. The first-order chi connectivity index (χ1) is 27.0. The number of hydrogen-bond donors (Lipinski definition) is 15. The van der Waals surface area contributed by atoms with Crippen LogP contribution in [0.2, 0.25) is 0 Å². The number of ether oxygens (including phenoxy) is 8. The Hall–Kier alpha value is -1.41. The number of carboxylic acid groups (broad SMARTS) is 1. The quantitative estimate of drug-likeness (QED) is 0.0537. The number of nitrogens with two attached hydrogens (primary N) is 3. The maximum Gasteiger partial charge on any atom is 0.364 e. The highest BCUT2D eigenvalue weighted by atomic mass is 16.8. The van der Waals surface area contributed by atoms with Gasteiger partial charge in [0.15, 0.2) is 18.9 Å². The molecule has 0 aliphatic carbocycles. The normalized spacial score (nSPS) is 45.4. The topological polar surface area (TPSA) is 412 Å². The summed E-state index contributed by atoms with van der Waals surface area (Å²) in [5.41, 5.74) is 18.1. The van der Waals surface area contributed by atoms with Gasteiger partial charge in [0.25, 0.3) is 5.79 Å². The molecule has 4 aliphatic heterocycles. The lowest BCUT2D eigenvalue weighted by atomic mass is 9.88. The lowest BCUT2D eigenvalue weighted by Gasteiger charge is -2.51. The predicted molar refractivity (Wildman–Crippen MR) is 185 cm³/mol. The van der Waals surface area contributed by atoms with Crippen molar-refractivity contribution in [2.45, 2.75) is 167 Å². The van der Waals surface area contributed by atoms with Gasteiger partial charge in [-0.15, -0.1) is 0 Å². The van der Waals surface area contributed by atoms with Gasteiger partial charge in [-0.2, -0.15) is 0 Å². The van der Waals surface area contributed by atoms with E-state index in [2.05, 4.69) is 0 Å². The molecule has 0 radical (unpaired) electrons. The van der Waals surface area contributed by atoms with Crippen LogP contribution in [0, 0.1) is 0 Å². The summed E-state index contributed by atoms with van der Waals surface area (Å²) in [6.45, 7) is -0.732. The van der Waals surface area contributed by atoms with Crippen molar-refractivity contribution in [3.05, 3.63) is 0 Å². The Morgan fingerprint density at radius 1 is 0.754 bits per heavy atom. The van der Waals surface area contributed by atoms with Crippen molar-refractivity contribution in [1.82, 2.24) is 0 Å². The lowest BCUT2D eigenvalue weighted by molar-refractivity contribution is -0.390. The van der Waals surface area contributed by atoms with Crippen molar-refractivity contribution in [3.63, 3.8) is 0 Å². The molecule has 0 aromatic carbocycles. The third kappa shape index (κ3) is 10.9. The zero-order valence-electron chi connectivity index (χ0n) is 31.4. The average molecular weight is 836 g/mol. The van der Waals surface area contributed by atoms with Gasteiger partial charge in [-0.1, -0.05) is 12.8 Å². The van der Waals surface area contributed by atoms with Crippen molar-refractivity contribution in [2.75, 3.05) is 33.0 Å². The van der Waals surface area contributed by atoms with Gasteiger partial charge in [0.1, 0.15) is 79.4 Å². The van der Waals surface area contributed by atoms with Crippen LogP contribution in [0.5, 0.6) is 0 Å². The fourth-order valence-electron chi connectivity index (χ4n) is 7.18. The summed E-state index contributed by atoms with van der Waals surface area (Å²) in [6.07, 6.45) is -29.2. The number of unbranched alkanes of at least 4 members (excludes halogenated alkanes) is 3. The first-order valence-electron chi connectivity index (χ1n) is 18.9. The summed E-state index contributed by atoms with van der Waals surface area (Å²) < 4.78 is 46.5. The summed E-state index contributed by atoms with van der Waals surface area (Å²) in [7, 11) is 0. The number of carbonyl (C=O) groups is 1. The van der Waals surface area contributed by atoms with E-state index in [1.807, 2.05) is 0 Å². The second kappa shape index (κ2) is 21.4. The largest absolute Gasteiger partial charge is 0.477 e. The molecule has 24 heteroatoms. The molecule has 4 saturated heterocycles. The van der Waals surface area contributed by atoms with Gasteiger partial charge in [-0.25, -0.2) is 4.79 Å². The van der Waals surface area contributed by atoms with Crippen LogP contribution in [0.3, 0.4) is 0 Å². The Bertz CT molecular complexity index is 1230. The number of aliphatic hydroxyl groups excluding tert-OH is 11. The van der Waals surface area contributed by atoms with Crippen LogP contribution < -0.4 is 17.2 Å². The summed E-state index contributed by atoms with van der Waals surface area (Å²) >= 11 is 0. The molecule has 0 aromatic heterocycles. The Morgan fingerprint density at radius 2 is 1.37 bits per heavy atom. The van der Waals surface area contributed by atoms with Crippen LogP contribution in [0.4, 0.5) is 0 Å². The van der Waals surface area contributed by atoms with Crippen molar-refractivity contribution in [1.29, 1.82) is 0 Å². The predicted octanol–water partition coefficient (Wildman–Crippen LogP) is -8.04. The Balaban J connectivity index is 1.64. The second-order valence-electron chi connectivity index (χ2n) is 14.8. The van der Waals surface area contributed by atoms with Gasteiger partial charge in [-0.3, -0.25) is 0 Å². The van der Waals surface area contributed by atoms with Crippen molar-refractivity contribution in [2.24, 2.45) is 17.2 Å². The molecule has 0 bridgehead atoms. The fraction of sp³-hybridized carbons (Fsp3) is 0.970. The molecule has 4 rings (SSSR count). The third-order valence-corrected chi connectivity index (χ3v) is 10.7. The SMILES string of the molecule is C[C@@H]1O[C@@H](O[C@@H]2[C@@H](N)[C@H](OCCCCCCN)O[C@H](CO)[C@H]2O[C@@H]2O[C@H](CO)[C@H](O)[C@H](O[C@]3(C(=O)O)C[C@H](O)[C@H](N)[C@H]([C@H](O)[C@H](O)CO)O3)[C@H]2O)[C@@H](O)[C@H](O)[C@@H]1O. The number of aliphatic carboxylic acids is 1. The molecule has 4 heterocycles. The monoisotopic (exact) mass is 835 g/mol. The van der Waals surface area contributed by atoms with E-state index in [-0.39, 0.29) is 6.61 Å². The molecule has 18 N–H and O–H groups in total. The van der Waals surface area contributed by atoms with E-state index in [0.29, 0.717) is 13.0 Å². The third-order valence-electron chi connectivity index (χ3n) is 10.7. The number of aliphatic hydroxyl groups is 11. The van der Waals surface area contributed by atoms with Crippen molar-refractivity contribution in [3.8, 4) is 0 Å². The van der Waals surface area contributed by atoms with E-state index < -0.39 is 161 Å². The second-order valence-corrected chi connectivity index (χ2v) is 14.8. The summed E-state index contributed by atoms with van der Waals surface area (Å²) in [4.78, 5) is 12.8. The zero-order valence-corrected chi connectivity index (χ0v) is 31.4. The minimum Gasteiger partial charge on any atom is -0.477 e. The molecule has 0 aromatic rings. The van der Waals surface area contributed by atoms with Crippen molar-refractivity contribution >= 4 is 5.97 Å². The highest BCUT2D eigenvalue weighted by Gasteiger charge is 2.60. The van der Waals surface area contributed by atoms with E-state index in [1.165, 1.54) is 6.92 Å². The lowest BCUT2D eigenvalue weighted by Crippen LogP contribution is -2.70. The van der Waals surface area contributed by atoms with Gasteiger partial charge in [-0.05, 0) is 26.3 Å². The van der Waals surface area contributed by atoms with Gasteiger partial charge >= 0.3 is 5.97 Å². The maximum absolute atomic E-state index is 12.8. The molecule has 24 nitrogen and oxygen atoms in total. The van der Waals surface area contributed by atoms with Gasteiger partial charge in [0.2, 0.25) is 0 Å². The van der Waals surface area contributed by atoms with Crippen molar-refractivity contribution < 1.29 is 104 Å². The molecule has 57 heavy (non-hydrogen) atoms. The van der Waals surface area contributed by atoms with Crippen LogP contribution in [-0.4, -0.2) is 229 Å². The Labute approximate surface area is 327 Å². The molecule has 0 spiro atoms. The van der Waals surface area contributed by atoms with E-state index in [4.69, 9.17) is 55.1 Å².